The first-order chi connectivity index (χ1) is 8.58. The lowest BCUT2D eigenvalue weighted by Gasteiger charge is -2.30. The molecule has 2 aromatic rings. The first-order valence-corrected chi connectivity index (χ1v) is 8.06. The maximum Gasteiger partial charge on any atom is 0.193 e. The van der Waals surface area contributed by atoms with Crippen molar-refractivity contribution in [2.24, 2.45) is 11.3 Å². The Bertz CT molecular complexity index is 471. The molecule has 0 saturated carbocycles. The molecule has 0 atom stereocenters. The SMILES string of the molecule is CC(C)CC(CCl)(CCl)Cc1cn2ccsc2n1. The molecule has 0 aliphatic rings. The van der Waals surface area contributed by atoms with Gasteiger partial charge in [-0.2, -0.15) is 0 Å². The third kappa shape index (κ3) is 3.01. The highest BCUT2D eigenvalue weighted by Gasteiger charge is 2.30. The predicted octanol–water partition coefficient (Wildman–Crippen LogP) is 4.45. The maximum absolute atomic E-state index is 6.17. The first kappa shape index (κ1) is 14.2. The summed E-state index contributed by atoms with van der Waals surface area (Å²) in [4.78, 5) is 5.66. The van der Waals surface area contributed by atoms with E-state index in [0.29, 0.717) is 17.7 Å². The van der Waals surface area contributed by atoms with Crippen molar-refractivity contribution in [3.05, 3.63) is 23.5 Å². The molecule has 0 amide bonds. The number of hydrogen-bond donors (Lipinski definition) is 0. The van der Waals surface area contributed by atoms with Crippen molar-refractivity contribution in [1.82, 2.24) is 9.38 Å². The molecule has 2 heterocycles. The van der Waals surface area contributed by atoms with Gasteiger partial charge in [-0.1, -0.05) is 13.8 Å². The number of imidazole rings is 1. The predicted molar refractivity (Wildman–Crippen MR) is 80.1 cm³/mol. The molecule has 0 aromatic carbocycles. The van der Waals surface area contributed by atoms with Gasteiger partial charge in [0, 0.05) is 34.9 Å². The highest BCUT2D eigenvalue weighted by atomic mass is 35.5. The number of thiazole rings is 1. The molecule has 2 nitrogen and oxygen atoms in total. The van der Waals surface area contributed by atoms with Crippen LogP contribution in [0.2, 0.25) is 0 Å². The molecule has 0 fully saturated rings. The van der Waals surface area contributed by atoms with Gasteiger partial charge >= 0.3 is 0 Å². The Balaban J connectivity index is 2.20. The van der Waals surface area contributed by atoms with Gasteiger partial charge in [-0.25, -0.2) is 4.98 Å². The molecule has 2 rings (SSSR count). The van der Waals surface area contributed by atoms with Crippen LogP contribution in [-0.4, -0.2) is 21.1 Å². The molecule has 0 aliphatic heterocycles. The molecule has 0 spiro atoms. The van der Waals surface area contributed by atoms with Crippen LogP contribution in [0.25, 0.3) is 4.96 Å². The highest BCUT2D eigenvalue weighted by Crippen LogP contribution is 2.33. The van der Waals surface area contributed by atoms with Crippen molar-refractivity contribution >= 4 is 39.5 Å². The van der Waals surface area contributed by atoms with E-state index in [2.05, 4.69) is 29.4 Å². The smallest absolute Gasteiger partial charge is 0.193 e. The molecule has 0 N–H and O–H groups in total. The van der Waals surface area contributed by atoms with E-state index in [1.54, 1.807) is 11.3 Å². The number of hydrogen-bond acceptors (Lipinski definition) is 2. The lowest BCUT2D eigenvalue weighted by atomic mass is 9.80. The zero-order valence-electron chi connectivity index (χ0n) is 10.7. The highest BCUT2D eigenvalue weighted by molar-refractivity contribution is 7.15. The molecule has 0 radical (unpaired) electrons. The second-order valence-corrected chi connectivity index (χ2v) is 6.77. The van der Waals surface area contributed by atoms with Crippen molar-refractivity contribution in [2.45, 2.75) is 26.7 Å². The number of aromatic nitrogens is 2. The van der Waals surface area contributed by atoms with Gasteiger partial charge < -0.3 is 0 Å². The fourth-order valence-corrected chi connectivity index (χ4v) is 3.83. The second-order valence-electron chi connectivity index (χ2n) is 5.37. The third-order valence-electron chi connectivity index (χ3n) is 3.11. The normalized spacial score (nSPS) is 12.7. The largest absolute Gasteiger partial charge is 0.297 e. The van der Waals surface area contributed by atoms with Crippen LogP contribution in [0.3, 0.4) is 0 Å². The second kappa shape index (κ2) is 5.81. The van der Waals surface area contributed by atoms with E-state index < -0.39 is 0 Å². The summed E-state index contributed by atoms with van der Waals surface area (Å²) in [6.07, 6.45) is 6.00. The van der Waals surface area contributed by atoms with Gasteiger partial charge in [0.2, 0.25) is 0 Å². The van der Waals surface area contributed by atoms with E-state index in [-0.39, 0.29) is 5.41 Å². The van der Waals surface area contributed by atoms with E-state index in [1.165, 1.54) is 0 Å². The van der Waals surface area contributed by atoms with Gasteiger partial charge in [0.15, 0.2) is 4.96 Å². The fourth-order valence-electron chi connectivity index (χ4n) is 2.42. The Hall–Kier alpha value is -0.250. The Morgan fingerprint density at radius 3 is 2.67 bits per heavy atom. The van der Waals surface area contributed by atoms with Crippen LogP contribution in [0.4, 0.5) is 0 Å². The summed E-state index contributed by atoms with van der Waals surface area (Å²) >= 11 is 14.0. The molecule has 0 unspecified atom stereocenters. The average molecular weight is 305 g/mol. The summed E-state index contributed by atoms with van der Waals surface area (Å²) in [6, 6.07) is 0. The Morgan fingerprint density at radius 1 is 1.39 bits per heavy atom. The lowest BCUT2D eigenvalue weighted by molar-refractivity contribution is 0.293. The number of rotatable bonds is 6. The number of alkyl halides is 2. The van der Waals surface area contributed by atoms with Gasteiger partial charge in [-0.05, 0) is 18.8 Å². The average Bonchev–Trinajstić information content (AvgIpc) is 2.87. The van der Waals surface area contributed by atoms with Gasteiger partial charge in [-0.15, -0.1) is 34.5 Å². The summed E-state index contributed by atoms with van der Waals surface area (Å²) in [6.45, 7) is 4.42. The lowest BCUT2D eigenvalue weighted by Crippen LogP contribution is -2.30. The van der Waals surface area contributed by atoms with Crippen LogP contribution in [0, 0.1) is 11.3 Å². The summed E-state index contributed by atoms with van der Waals surface area (Å²) in [5, 5.41) is 2.04. The molecule has 2 aromatic heterocycles. The first-order valence-electron chi connectivity index (χ1n) is 6.11. The van der Waals surface area contributed by atoms with Crippen LogP contribution < -0.4 is 0 Å². The topological polar surface area (TPSA) is 17.3 Å². The zero-order chi connectivity index (χ0) is 13.2. The monoisotopic (exact) mass is 304 g/mol. The van der Waals surface area contributed by atoms with Crippen LogP contribution in [-0.2, 0) is 6.42 Å². The third-order valence-corrected chi connectivity index (χ3v) is 5.01. The Labute approximate surface area is 122 Å². The maximum atomic E-state index is 6.17. The molecule has 0 aliphatic carbocycles. The van der Waals surface area contributed by atoms with E-state index in [0.717, 1.165) is 23.5 Å². The Morgan fingerprint density at radius 2 is 2.11 bits per heavy atom. The minimum Gasteiger partial charge on any atom is -0.297 e. The van der Waals surface area contributed by atoms with E-state index in [1.807, 2.05) is 11.6 Å². The zero-order valence-corrected chi connectivity index (χ0v) is 13.0. The summed E-state index contributed by atoms with van der Waals surface area (Å²) in [5.41, 5.74) is 1.05. The number of nitrogens with zero attached hydrogens (tertiary/aromatic N) is 2. The van der Waals surface area contributed by atoms with E-state index in [4.69, 9.17) is 23.2 Å². The minimum atomic E-state index is -0.0404. The molecule has 5 heteroatoms. The van der Waals surface area contributed by atoms with Crippen LogP contribution in [0.1, 0.15) is 26.0 Å². The number of fused-ring (bicyclic) bond motifs is 1. The van der Waals surface area contributed by atoms with Crippen molar-refractivity contribution < 1.29 is 0 Å². The molecule has 100 valence electrons. The fraction of sp³-hybridized carbons (Fsp3) is 0.615. The van der Waals surface area contributed by atoms with Gasteiger partial charge in [0.1, 0.15) is 0 Å². The van der Waals surface area contributed by atoms with Crippen molar-refractivity contribution in [3.8, 4) is 0 Å². The molecule has 0 saturated heterocycles. The van der Waals surface area contributed by atoms with Crippen molar-refractivity contribution in [1.29, 1.82) is 0 Å². The standard InChI is InChI=1S/C13H18Cl2N2S/c1-10(2)5-13(8-14,9-15)6-11-7-17-3-4-18-12(17)16-11/h3-4,7,10H,5-6,8-9H2,1-2H3. The summed E-state index contributed by atoms with van der Waals surface area (Å²) in [7, 11) is 0. The molecule has 18 heavy (non-hydrogen) atoms. The molecular formula is C13H18Cl2N2S. The summed E-state index contributed by atoms with van der Waals surface area (Å²) in [5.74, 6) is 1.76. The number of halogens is 2. The van der Waals surface area contributed by atoms with Gasteiger partial charge in [-0.3, -0.25) is 4.40 Å². The van der Waals surface area contributed by atoms with E-state index >= 15 is 0 Å². The van der Waals surface area contributed by atoms with Crippen LogP contribution >= 0.6 is 34.5 Å². The van der Waals surface area contributed by atoms with E-state index in [9.17, 15) is 0 Å². The molecule has 0 bridgehead atoms. The Kier molecular flexibility index (Phi) is 4.57. The van der Waals surface area contributed by atoms with Gasteiger partial charge in [0.25, 0.3) is 0 Å². The quantitative estimate of drug-likeness (QED) is 0.721. The van der Waals surface area contributed by atoms with Crippen LogP contribution in [0.5, 0.6) is 0 Å². The van der Waals surface area contributed by atoms with Crippen molar-refractivity contribution in [3.63, 3.8) is 0 Å². The van der Waals surface area contributed by atoms with Gasteiger partial charge in [0.05, 0.1) is 5.69 Å². The summed E-state index contributed by atoms with van der Waals surface area (Å²) < 4.78 is 2.06. The minimum absolute atomic E-state index is 0.0404. The van der Waals surface area contributed by atoms with Crippen LogP contribution in [0.15, 0.2) is 17.8 Å². The molecular weight excluding hydrogens is 287 g/mol. The van der Waals surface area contributed by atoms with Crippen molar-refractivity contribution in [2.75, 3.05) is 11.8 Å².